The van der Waals surface area contributed by atoms with Crippen LogP contribution in [0.5, 0.6) is 5.75 Å². The molecular formula is C46H39N9O5. The molecule has 0 amide bonds. The summed E-state index contributed by atoms with van der Waals surface area (Å²) in [4.78, 5) is 53.3. The maximum absolute atomic E-state index is 12.4. The summed E-state index contributed by atoms with van der Waals surface area (Å²) in [6.45, 7) is -0.0451. The predicted octanol–water partition coefficient (Wildman–Crippen LogP) is 6.81. The zero-order valence-corrected chi connectivity index (χ0v) is 32.0. The Morgan fingerprint density at radius 1 is 0.650 bits per heavy atom. The molecule has 0 saturated carbocycles. The number of ether oxygens (including phenoxy) is 1. The molecule has 0 unspecified atom stereocenters. The first-order valence-corrected chi connectivity index (χ1v) is 19.0. The molecule has 0 radical (unpaired) electrons. The van der Waals surface area contributed by atoms with E-state index in [9.17, 15) is 19.8 Å². The minimum atomic E-state index is -0.612. The van der Waals surface area contributed by atoms with Crippen molar-refractivity contribution >= 4 is 40.2 Å². The Balaban J connectivity index is 0.000000166. The van der Waals surface area contributed by atoms with Crippen LogP contribution in [0.4, 0.5) is 5.95 Å². The van der Waals surface area contributed by atoms with Gasteiger partial charge >= 0.3 is 0 Å². The maximum Gasteiger partial charge on any atom is 0.261 e. The van der Waals surface area contributed by atoms with Crippen molar-refractivity contribution in [2.75, 3.05) is 18.5 Å². The number of hydrogen-bond donors (Lipinski definition) is 7. The molecule has 0 bridgehead atoms. The molecule has 0 aliphatic rings. The Hall–Kier alpha value is -7.94. The lowest BCUT2D eigenvalue weighted by Crippen LogP contribution is -2.29. The zero-order chi connectivity index (χ0) is 41.3. The van der Waals surface area contributed by atoms with Gasteiger partial charge in [-0.3, -0.25) is 24.5 Å². The molecule has 298 valence electrons. The van der Waals surface area contributed by atoms with Crippen molar-refractivity contribution in [3.63, 3.8) is 0 Å². The number of aliphatic hydroxyl groups is 2. The van der Waals surface area contributed by atoms with Gasteiger partial charge in [-0.1, -0.05) is 66.7 Å². The Kier molecular flexibility index (Phi) is 11.7. The van der Waals surface area contributed by atoms with Crippen molar-refractivity contribution < 1.29 is 14.9 Å². The smallest absolute Gasteiger partial charge is 0.261 e. The Morgan fingerprint density at radius 2 is 1.32 bits per heavy atom. The number of hydrogen-bond acceptors (Lipinski definition) is 10. The molecule has 14 nitrogen and oxygen atoms in total. The largest absolute Gasteiger partial charge is 0.489 e. The lowest BCUT2D eigenvalue weighted by Gasteiger charge is -2.12. The van der Waals surface area contributed by atoms with Gasteiger partial charge in [-0.25, -0.2) is 4.98 Å². The van der Waals surface area contributed by atoms with E-state index in [1.54, 1.807) is 24.5 Å². The van der Waals surface area contributed by atoms with Gasteiger partial charge in [-0.2, -0.15) is 4.98 Å². The Bertz CT molecular complexity index is 2990. The van der Waals surface area contributed by atoms with E-state index in [0.29, 0.717) is 28.7 Å². The number of H-pyrrole nitrogens is 4. The zero-order valence-electron chi connectivity index (χ0n) is 32.0. The first-order valence-electron chi connectivity index (χ1n) is 19.0. The van der Waals surface area contributed by atoms with E-state index in [1.807, 2.05) is 121 Å². The van der Waals surface area contributed by atoms with Gasteiger partial charge in [0.2, 0.25) is 5.95 Å². The van der Waals surface area contributed by atoms with E-state index in [-0.39, 0.29) is 30.3 Å². The van der Waals surface area contributed by atoms with Crippen molar-refractivity contribution in [3.05, 3.63) is 178 Å². The lowest BCUT2D eigenvalue weighted by molar-refractivity contribution is 0.203. The topological polar surface area (TPSA) is 211 Å². The second-order valence-corrected chi connectivity index (χ2v) is 13.7. The van der Waals surface area contributed by atoms with Crippen molar-refractivity contribution in [2.24, 2.45) is 0 Å². The van der Waals surface area contributed by atoms with E-state index < -0.39 is 6.04 Å². The standard InChI is InChI=1S/C24H18N4O2.C22H21N5O3/c29-24-20-13-22(28-23(20)26-15-27-24)18-10-11-25-21(12-18)17-6-8-19(9-7-17)30-14-16-4-2-1-3-5-16;28-12-17(13-29)24-22-26-20-18(21(30)27-22)11-19(25-20)15-8-9-23-16(10-15)7-6-14-4-2-1-3-5-14/h1-13,15H,14H2,(H2,26,27,28,29);1-11,17,28-29H,12-13H2,(H3,24,25,26,27,30)/b;7-6+. The van der Waals surface area contributed by atoms with E-state index in [1.165, 1.54) is 6.33 Å². The molecule has 6 heterocycles. The molecule has 0 spiro atoms. The van der Waals surface area contributed by atoms with Gasteiger partial charge in [0.05, 0.1) is 47.7 Å². The molecule has 7 N–H and O–H groups in total. The third-order valence-electron chi connectivity index (χ3n) is 9.52. The molecule has 0 saturated heterocycles. The van der Waals surface area contributed by atoms with Crippen molar-refractivity contribution in [2.45, 2.75) is 12.6 Å². The van der Waals surface area contributed by atoms with Gasteiger partial charge in [0.1, 0.15) is 23.7 Å². The number of rotatable bonds is 12. The van der Waals surface area contributed by atoms with E-state index >= 15 is 0 Å². The number of nitrogens with zero attached hydrogens (tertiary/aromatic N) is 4. The molecule has 0 fully saturated rings. The Labute approximate surface area is 342 Å². The molecule has 14 heteroatoms. The van der Waals surface area contributed by atoms with Crippen LogP contribution in [0.25, 0.3) is 68.0 Å². The molecule has 60 heavy (non-hydrogen) atoms. The summed E-state index contributed by atoms with van der Waals surface area (Å²) < 4.78 is 5.86. The van der Waals surface area contributed by atoms with Crippen LogP contribution in [-0.4, -0.2) is 69.3 Å². The van der Waals surface area contributed by atoms with Gasteiger partial charge in [0, 0.05) is 40.5 Å². The van der Waals surface area contributed by atoms with Crippen LogP contribution in [0.2, 0.25) is 0 Å². The summed E-state index contributed by atoms with van der Waals surface area (Å²) in [6, 6.07) is 38.5. The summed E-state index contributed by atoms with van der Waals surface area (Å²) in [5.74, 6) is 0.981. The first-order chi connectivity index (χ1) is 29.4. The summed E-state index contributed by atoms with van der Waals surface area (Å²) in [6.07, 6.45) is 8.78. The van der Waals surface area contributed by atoms with Crippen LogP contribution >= 0.6 is 0 Å². The molecule has 9 rings (SSSR count). The second-order valence-electron chi connectivity index (χ2n) is 13.7. The summed E-state index contributed by atoms with van der Waals surface area (Å²) >= 11 is 0. The van der Waals surface area contributed by atoms with Crippen molar-refractivity contribution in [3.8, 4) is 39.5 Å². The fraction of sp³-hybridized carbons (Fsp3) is 0.0870. The average Bonchev–Trinajstić information content (AvgIpc) is 3.95. The fourth-order valence-corrected chi connectivity index (χ4v) is 6.36. The third kappa shape index (κ3) is 9.26. The third-order valence-corrected chi connectivity index (χ3v) is 9.52. The molecular weight excluding hydrogens is 759 g/mol. The van der Waals surface area contributed by atoms with Crippen LogP contribution in [0.15, 0.2) is 150 Å². The molecule has 9 aromatic rings. The quantitative estimate of drug-likeness (QED) is 0.0687. The molecule has 0 aliphatic carbocycles. The van der Waals surface area contributed by atoms with Crippen LogP contribution in [0, 0.1) is 0 Å². The van der Waals surface area contributed by atoms with E-state index in [0.717, 1.165) is 56.3 Å². The second kappa shape index (κ2) is 18.1. The normalized spacial score (nSPS) is 11.2. The minimum absolute atomic E-state index is 0.164. The number of pyridine rings is 2. The summed E-state index contributed by atoms with van der Waals surface area (Å²) in [5, 5.41) is 22.2. The van der Waals surface area contributed by atoms with Crippen LogP contribution in [0.3, 0.4) is 0 Å². The highest BCUT2D eigenvalue weighted by molar-refractivity contribution is 5.84. The monoisotopic (exact) mass is 797 g/mol. The lowest BCUT2D eigenvalue weighted by atomic mass is 10.1. The highest BCUT2D eigenvalue weighted by atomic mass is 16.5. The highest BCUT2D eigenvalue weighted by Gasteiger charge is 2.13. The number of aliphatic hydroxyl groups excluding tert-OH is 2. The number of aromatic nitrogens is 8. The summed E-state index contributed by atoms with van der Waals surface area (Å²) in [7, 11) is 0. The number of anilines is 1. The Morgan fingerprint density at radius 3 is 2.03 bits per heavy atom. The minimum Gasteiger partial charge on any atom is -0.489 e. The van der Waals surface area contributed by atoms with Gasteiger partial charge in [-0.15, -0.1) is 0 Å². The molecule has 6 aromatic heterocycles. The van der Waals surface area contributed by atoms with Gasteiger partial charge in [0.25, 0.3) is 11.1 Å². The van der Waals surface area contributed by atoms with Crippen LogP contribution in [-0.2, 0) is 6.61 Å². The van der Waals surface area contributed by atoms with Gasteiger partial charge in [-0.05, 0) is 77.9 Å². The predicted molar refractivity (Wildman–Crippen MR) is 233 cm³/mol. The van der Waals surface area contributed by atoms with E-state index in [4.69, 9.17) is 4.74 Å². The van der Waals surface area contributed by atoms with Crippen LogP contribution < -0.4 is 21.2 Å². The number of nitrogens with one attached hydrogen (secondary N) is 5. The first kappa shape index (κ1) is 38.9. The number of aromatic amines is 4. The number of benzene rings is 3. The molecule has 0 atom stereocenters. The average molecular weight is 798 g/mol. The van der Waals surface area contributed by atoms with Gasteiger partial charge in [0.15, 0.2) is 0 Å². The molecule has 0 aliphatic heterocycles. The highest BCUT2D eigenvalue weighted by Crippen LogP contribution is 2.27. The number of fused-ring (bicyclic) bond motifs is 2. The van der Waals surface area contributed by atoms with Crippen molar-refractivity contribution in [1.29, 1.82) is 0 Å². The summed E-state index contributed by atoms with van der Waals surface area (Å²) in [5.41, 5.74) is 8.65. The van der Waals surface area contributed by atoms with Gasteiger partial charge < -0.3 is 35.2 Å². The van der Waals surface area contributed by atoms with Crippen LogP contribution in [0.1, 0.15) is 16.8 Å². The SMILES string of the molecule is O=c1[nH]c(NC(CO)CO)nc2[nH]c(-c3ccnc(/C=C/c4ccccc4)c3)cc12.O=c1[nH]cnc2[nH]c(-c3ccnc(-c4ccc(OCc5ccccc5)cc4)c3)cc12. The van der Waals surface area contributed by atoms with Crippen molar-refractivity contribution in [1.82, 2.24) is 39.9 Å². The fourth-order valence-electron chi connectivity index (χ4n) is 6.36. The van der Waals surface area contributed by atoms with E-state index in [2.05, 4.69) is 45.2 Å². The maximum atomic E-state index is 12.4. The molecule has 3 aromatic carbocycles.